The third-order valence-electron chi connectivity index (χ3n) is 3.31. The van der Waals surface area contributed by atoms with Gasteiger partial charge in [0.2, 0.25) is 0 Å². The van der Waals surface area contributed by atoms with Crippen molar-refractivity contribution in [2.45, 2.75) is 26.6 Å². The second kappa shape index (κ2) is 5.46. The Kier molecular flexibility index (Phi) is 3.52. The van der Waals surface area contributed by atoms with Gasteiger partial charge in [0.1, 0.15) is 5.65 Å². The molecule has 0 aliphatic heterocycles. The van der Waals surface area contributed by atoms with Crippen LogP contribution in [0.5, 0.6) is 0 Å². The molecule has 0 unspecified atom stereocenters. The van der Waals surface area contributed by atoms with Crippen molar-refractivity contribution >= 4 is 5.65 Å². The molecule has 0 aliphatic rings. The third-order valence-corrected chi connectivity index (χ3v) is 3.31. The van der Waals surface area contributed by atoms with E-state index in [1.807, 2.05) is 35.3 Å². The quantitative estimate of drug-likeness (QED) is 0.712. The smallest absolute Gasteiger partial charge is 0.137 e. The first-order valence-corrected chi connectivity index (χ1v) is 6.87. The molecule has 0 N–H and O–H groups in total. The monoisotopic (exact) mass is 269 g/mol. The molecule has 3 aromatic heterocycles. The van der Waals surface area contributed by atoms with Gasteiger partial charge in [-0.15, -0.1) is 0 Å². The van der Waals surface area contributed by atoms with Crippen LogP contribution < -0.4 is 0 Å². The largest absolute Gasteiger partial charge is 0.307 e. The lowest BCUT2D eigenvalue weighted by Crippen LogP contribution is -2.17. The van der Waals surface area contributed by atoms with E-state index in [4.69, 9.17) is 0 Å². The van der Waals surface area contributed by atoms with Crippen LogP contribution >= 0.6 is 0 Å². The molecule has 0 aromatic carbocycles. The zero-order valence-corrected chi connectivity index (χ0v) is 11.9. The van der Waals surface area contributed by atoms with Gasteiger partial charge in [0.15, 0.2) is 0 Å². The van der Waals surface area contributed by atoms with Crippen molar-refractivity contribution in [1.82, 2.24) is 24.1 Å². The van der Waals surface area contributed by atoms with E-state index in [2.05, 4.69) is 45.7 Å². The summed E-state index contributed by atoms with van der Waals surface area (Å²) in [5.41, 5.74) is 3.31. The molecule has 0 atom stereocenters. The van der Waals surface area contributed by atoms with Gasteiger partial charge in [-0.05, 0) is 26.1 Å². The van der Waals surface area contributed by atoms with Crippen LogP contribution in [0.25, 0.3) is 5.65 Å². The molecule has 5 heteroatoms. The molecule has 3 rings (SSSR count). The predicted molar refractivity (Wildman–Crippen MR) is 78.3 cm³/mol. The van der Waals surface area contributed by atoms with Crippen LogP contribution in [0.15, 0.2) is 43.0 Å². The number of rotatable bonds is 5. The maximum Gasteiger partial charge on any atom is 0.137 e. The molecule has 0 aliphatic carbocycles. The first kappa shape index (κ1) is 12.9. The van der Waals surface area contributed by atoms with Gasteiger partial charge >= 0.3 is 0 Å². The molecule has 3 heterocycles. The summed E-state index contributed by atoms with van der Waals surface area (Å²) in [6.07, 6.45) is 8.14. The fourth-order valence-electron chi connectivity index (χ4n) is 2.37. The van der Waals surface area contributed by atoms with Crippen molar-refractivity contribution in [3.63, 3.8) is 0 Å². The Hall–Kier alpha value is -2.14. The van der Waals surface area contributed by atoms with Crippen molar-refractivity contribution in [3.05, 3.63) is 54.2 Å². The highest BCUT2D eigenvalue weighted by Crippen LogP contribution is 2.09. The lowest BCUT2D eigenvalue weighted by molar-refractivity contribution is 0.315. The van der Waals surface area contributed by atoms with Gasteiger partial charge in [-0.3, -0.25) is 9.58 Å². The fraction of sp³-hybridized carbons (Fsp3) is 0.333. The number of hydrogen-bond donors (Lipinski definition) is 0. The molecule has 104 valence electrons. The topological polar surface area (TPSA) is 38.4 Å². The molecule has 0 fully saturated rings. The Bertz CT molecular complexity index is 664. The van der Waals surface area contributed by atoms with Crippen molar-refractivity contribution in [2.75, 3.05) is 7.05 Å². The van der Waals surface area contributed by atoms with E-state index < -0.39 is 0 Å². The number of aromatic nitrogens is 4. The molecule has 20 heavy (non-hydrogen) atoms. The Morgan fingerprint density at radius 1 is 1.20 bits per heavy atom. The molecule has 0 saturated heterocycles. The average Bonchev–Trinajstić information content (AvgIpc) is 3.04. The summed E-state index contributed by atoms with van der Waals surface area (Å²) in [4.78, 5) is 6.86. The van der Waals surface area contributed by atoms with Crippen LogP contribution in [0.1, 0.15) is 18.2 Å². The standard InChI is InChI=1S/C15H19N5/c1-3-20-10-13(8-16-20)9-18(2)11-14-12-19-7-5-4-6-15(19)17-14/h4-8,10,12H,3,9,11H2,1-2H3. The lowest BCUT2D eigenvalue weighted by Gasteiger charge is -2.13. The van der Waals surface area contributed by atoms with Gasteiger partial charge < -0.3 is 4.40 Å². The minimum atomic E-state index is 0.832. The van der Waals surface area contributed by atoms with Crippen LogP contribution in [0.3, 0.4) is 0 Å². The number of fused-ring (bicyclic) bond motifs is 1. The van der Waals surface area contributed by atoms with E-state index in [0.717, 1.165) is 31.0 Å². The fourth-order valence-corrected chi connectivity index (χ4v) is 2.37. The van der Waals surface area contributed by atoms with Crippen LogP contribution in [-0.2, 0) is 19.6 Å². The van der Waals surface area contributed by atoms with E-state index in [9.17, 15) is 0 Å². The summed E-state index contributed by atoms with van der Waals surface area (Å²) in [6.45, 7) is 4.72. The summed E-state index contributed by atoms with van der Waals surface area (Å²) >= 11 is 0. The Balaban J connectivity index is 1.67. The minimum Gasteiger partial charge on any atom is -0.307 e. The predicted octanol–water partition coefficient (Wildman–Crippen LogP) is 2.18. The second-order valence-corrected chi connectivity index (χ2v) is 5.07. The number of pyridine rings is 1. The highest BCUT2D eigenvalue weighted by molar-refractivity contribution is 5.39. The first-order valence-electron chi connectivity index (χ1n) is 6.87. The van der Waals surface area contributed by atoms with Crippen molar-refractivity contribution in [1.29, 1.82) is 0 Å². The molecular formula is C15H19N5. The van der Waals surface area contributed by atoms with Gasteiger partial charge in [0.25, 0.3) is 0 Å². The molecule has 0 spiro atoms. The summed E-state index contributed by atoms with van der Waals surface area (Å²) in [5.74, 6) is 0. The van der Waals surface area contributed by atoms with E-state index in [-0.39, 0.29) is 0 Å². The van der Waals surface area contributed by atoms with Crippen LogP contribution in [-0.4, -0.2) is 31.1 Å². The van der Waals surface area contributed by atoms with Crippen LogP contribution in [0, 0.1) is 0 Å². The maximum atomic E-state index is 4.62. The summed E-state index contributed by atoms with van der Waals surface area (Å²) in [5, 5.41) is 4.30. The van der Waals surface area contributed by atoms with E-state index >= 15 is 0 Å². The van der Waals surface area contributed by atoms with Crippen molar-refractivity contribution in [2.24, 2.45) is 0 Å². The van der Waals surface area contributed by atoms with Gasteiger partial charge in [-0.1, -0.05) is 6.07 Å². The number of imidazole rings is 1. The van der Waals surface area contributed by atoms with Gasteiger partial charge in [-0.2, -0.15) is 5.10 Å². The normalized spacial score (nSPS) is 11.6. The third kappa shape index (κ3) is 2.72. The van der Waals surface area contributed by atoms with Crippen molar-refractivity contribution < 1.29 is 0 Å². The molecule has 3 aromatic rings. The van der Waals surface area contributed by atoms with E-state index in [1.165, 1.54) is 5.56 Å². The molecular weight excluding hydrogens is 250 g/mol. The highest BCUT2D eigenvalue weighted by Gasteiger charge is 2.07. The van der Waals surface area contributed by atoms with Crippen molar-refractivity contribution in [3.8, 4) is 0 Å². The maximum absolute atomic E-state index is 4.62. The highest BCUT2D eigenvalue weighted by atomic mass is 15.3. The lowest BCUT2D eigenvalue weighted by atomic mass is 10.3. The Morgan fingerprint density at radius 3 is 2.85 bits per heavy atom. The zero-order valence-electron chi connectivity index (χ0n) is 11.9. The van der Waals surface area contributed by atoms with Crippen LogP contribution in [0.2, 0.25) is 0 Å². The molecule has 0 bridgehead atoms. The molecule has 0 radical (unpaired) electrons. The van der Waals surface area contributed by atoms with Gasteiger partial charge in [0, 0.05) is 43.8 Å². The Labute approximate surface area is 118 Å². The van der Waals surface area contributed by atoms with Gasteiger partial charge in [0.05, 0.1) is 11.9 Å². The van der Waals surface area contributed by atoms with Crippen LogP contribution in [0.4, 0.5) is 0 Å². The zero-order chi connectivity index (χ0) is 13.9. The average molecular weight is 269 g/mol. The number of hydrogen-bond acceptors (Lipinski definition) is 3. The molecule has 0 amide bonds. The second-order valence-electron chi connectivity index (χ2n) is 5.07. The Morgan fingerprint density at radius 2 is 2.10 bits per heavy atom. The van der Waals surface area contributed by atoms with Gasteiger partial charge in [-0.25, -0.2) is 4.98 Å². The number of nitrogens with zero attached hydrogens (tertiary/aromatic N) is 5. The molecule has 0 saturated carbocycles. The SMILES string of the molecule is CCn1cc(CN(C)Cc2cn3ccccc3n2)cn1. The summed E-state index contributed by atoms with van der Waals surface area (Å²) in [7, 11) is 2.10. The minimum absolute atomic E-state index is 0.832. The summed E-state index contributed by atoms with van der Waals surface area (Å²) in [6, 6.07) is 6.05. The summed E-state index contributed by atoms with van der Waals surface area (Å²) < 4.78 is 4.01. The number of aryl methyl sites for hydroxylation is 1. The van der Waals surface area contributed by atoms with E-state index in [1.54, 1.807) is 0 Å². The first-order chi connectivity index (χ1) is 9.74. The molecule has 5 nitrogen and oxygen atoms in total. The van der Waals surface area contributed by atoms with E-state index in [0.29, 0.717) is 0 Å².